The van der Waals surface area contributed by atoms with Crippen molar-refractivity contribution in [3.8, 4) is 0 Å². The number of aromatic nitrogens is 2. The molecule has 1 aliphatic carbocycles. The van der Waals surface area contributed by atoms with Gasteiger partial charge in [0.05, 0.1) is 5.01 Å². The molecule has 2 N–H and O–H groups in total. The van der Waals surface area contributed by atoms with Gasteiger partial charge in [-0.05, 0) is 37.8 Å². The molecule has 0 unspecified atom stereocenters. The van der Waals surface area contributed by atoms with Gasteiger partial charge in [0.2, 0.25) is 5.91 Å². The molecule has 0 bridgehead atoms. The minimum Gasteiger partial charge on any atom is -0.342 e. The van der Waals surface area contributed by atoms with Crippen molar-refractivity contribution in [1.29, 1.82) is 0 Å². The third kappa shape index (κ3) is 5.28. The van der Waals surface area contributed by atoms with Gasteiger partial charge in [-0.15, -0.1) is 11.3 Å². The van der Waals surface area contributed by atoms with Crippen LogP contribution in [0.25, 0.3) is 0 Å². The largest absolute Gasteiger partial charge is 0.342 e. The first-order valence-corrected chi connectivity index (χ1v) is 11.8. The van der Waals surface area contributed by atoms with E-state index in [4.69, 9.17) is 0 Å². The maximum atomic E-state index is 12.7. The lowest BCUT2D eigenvalue weighted by Crippen LogP contribution is -2.42. The molecule has 1 aliphatic heterocycles. The minimum absolute atomic E-state index is 0.210. The second kappa shape index (κ2) is 10.00. The van der Waals surface area contributed by atoms with Crippen molar-refractivity contribution in [3.63, 3.8) is 0 Å². The number of rotatable bonds is 4. The Hall–Kier alpha value is -2.81. The van der Waals surface area contributed by atoms with Gasteiger partial charge in [0, 0.05) is 36.5 Å². The summed E-state index contributed by atoms with van der Waals surface area (Å²) < 4.78 is 0. The van der Waals surface area contributed by atoms with E-state index < -0.39 is 11.8 Å². The van der Waals surface area contributed by atoms with Crippen LogP contribution in [0.5, 0.6) is 0 Å². The number of likely N-dealkylation sites (tertiary alicyclic amines) is 1. The van der Waals surface area contributed by atoms with Crippen LogP contribution in [-0.4, -0.2) is 45.7 Å². The Balaban J connectivity index is 1.26. The monoisotopic (exact) mass is 441 g/mol. The molecule has 31 heavy (non-hydrogen) atoms. The van der Waals surface area contributed by atoms with Crippen LogP contribution in [0.2, 0.25) is 0 Å². The van der Waals surface area contributed by atoms with E-state index in [1.807, 2.05) is 4.90 Å². The maximum Gasteiger partial charge on any atom is 0.289 e. The molecular weight excluding hydrogens is 414 g/mol. The van der Waals surface area contributed by atoms with Crippen molar-refractivity contribution in [2.75, 3.05) is 13.1 Å². The van der Waals surface area contributed by atoms with E-state index >= 15 is 0 Å². The van der Waals surface area contributed by atoms with Crippen LogP contribution >= 0.6 is 11.3 Å². The number of nitrogens with zero attached hydrogens (tertiary/aromatic N) is 3. The first-order valence-electron chi connectivity index (χ1n) is 10.9. The summed E-state index contributed by atoms with van der Waals surface area (Å²) in [6.07, 6.45) is 8.88. The highest BCUT2D eigenvalue weighted by Gasteiger charge is 2.30. The van der Waals surface area contributed by atoms with Gasteiger partial charge >= 0.3 is 0 Å². The fourth-order valence-electron chi connectivity index (χ4n) is 4.27. The number of thiazole rings is 1. The SMILES string of the molecule is O=C(NNC(=O)c1csc(C2CCN(C(=O)C3CCCCC3)CC2)n1)c1ccccn1. The molecule has 8 nitrogen and oxygen atoms in total. The maximum absolute atomic E-state index is 12.7. The van der Waals surface area contributed by atoms with Gasteiger partial charge in [0.25, 0.3) is 11.8 Å². The zero-order chi connectivity index (χ0) is 21.6. The number of hydrogen-bond acceptors (Lipinski definition) is 6. The summed E-state index contributed by atoms with van der Waals surface area (Å²) in [5, 5.41) is 2.61. The van der Waals surface area contributed by atoms with E-state index in [0.29, 0.717) is 5.91 Å². The van der Waals surface area contributed by atoms with Crippen LogP contribution in [-0.2, 0) is 4.79 Å². The molecule has 0 radical (unpaired) electrons. The van der Waals surface area contributed by atoms with Crippen molar-refractivity contribution in [2.45, 2.75) is 50.9 Å². The number of carbonyl (C=O) groups is 3. The Bertz CT molecular complexity index is 918. The lowest BCUT2D eigenvalue weighted by molar-refractivity contribution is -0.137. The molecule has 164 valence electrons. The van der Waals surface area contributed by atoms with Crippen molar-refractivity contribution >= 4 is 29.1 Å². The van der Waals surface area contributed by atoms with Gasteiger partial charge < -0.3 is 4.90 Å². The summed E-state index contributed by atoms with van der Waals surface area (Å²) in [5.74, 6) is -0.163. The number of pyridine rings is 1. The second-order valence-electron chi connectivity index (χ2n) is 8.13. The van der Waals surface area contributed by atoms with Gasteiger partial charge in [0.15, 0.2) is 0 Å². The number of amides is 3. The van der Waals surface area contributed by atoms with Crippen molar-refractivity contribution < 1.29 is 14.4 Å². The predicted octanol–water partition coefficient (Wildman–Crippen LogP) is 2.90. The Morgan fingerprint density at radius 2 is 1.65 bits per heavy atom. The fraction of sp³-hybridized carbons (Fsp3) is 0.500. The van der Waals surface area contributed by atoms with Crippen LogP contribution in [0, 0.1) is 5.92 Å². The normalized spacial score (nSPS) is 17.9. The van der Waals surface area contributed by atoms with Crippen LogP contribution in [0.4, 0.5) is 0 Å². The first kappa shape index (κ1) is 21.4. The summed E-state index contributed by atoms with van der Waals surface area (Å²) in [6, 6.07) is 4.97. The van der Waals surface area contributed by atoms with Crippen LogP contribution in [0.1, 0.15) is 76.8 Å². The zero-order valence-corrected chi connectivity index (χ0v) is 18.2. The molecule has 3 heterocycles. The lowest BCUT2D eigenvalue weighted by atomic mass is 9.87. The van der Waals surface area contributed by atoms with E-state index in [1.165, 1.54) is 36.8 Å². The van der Waals surface area contributed by atoms with Crippen LogP contribution in [0.15, 0.2) is 29.8 Å². The van der Waals surface area contributed by atoms with Gasteiger partial charge in [-0.25, -0.2) is 4.98 Å². The minimum atomic E-state index is -0.487. The molecule has 0 spiro atoms. The molecule has 2 fully saturated rings. The number of piperidine rings is 1. The second-order valence-corrected chi connectivity index (χ2v) is 9.02. The number of hydrogen-bond donors (Lipinski definition) is 2. The smallest absolute Gasteiger partial charge is 0.289 e. The van der Waals surface area contributed by atoms with Gasteiger partial charge in [-0.1, -0.05) is 25.3 Å². The molecule has 0 aromatic carbocycles. The standard InChI is InChI=1S/C22H27N5O3S/c28-19(17-8-4-5-11-23-17)25-26-20(29)18-14-31-21(24-18)15-9-12-27(13-10-15)22(30)16-6-2-1-3-7-16/h4-5,8,11,14-16H,1-3,6-7,9-10,12-13H2,(H,25,28)(H,26,29). The van der Waals surface area contributed by atoms with E-state index in [1.54, 1.807) is 23.6 Å². The third-order valence-electron chi connectivity index (χ3n) is 6.05. The van der Waals surface area contributed by atoms with E-state index in [0.717, 1.165) is 43.8 Å². The fourth-order valence-corrected chi connectivity index (χ4v) is 5.24. The van der Waals surface area contributed by atoms with Gasteiger partial charge in [-0.2, -0.15) is 0 Å². The Kier molecular flexibility index (Phi) is 6.91. The summed E-state index contributed by atoms with van der Waals surface area (Å²) in [5.41, 5.74) is 5.24. The average Bonchev–Trinajstić information content (AvgIpc) is 3.33. The van der Waals surface area contributed by atoms with E-state index in [-0.39, 0.29) is 23.2 Å². The van der Waals surface area contributed by atoms with Gasteiger partial charge in [-0.3, -0.25) is 30.2 Å². The first-order chi connectivity index (χ1) is 15.1. The molecule has 2 aliphatic rings. The Labute approximate surface area is 185 Å². The van der Waals surface area contributed by atoms with Crippen molar-refractivity contribution in [2.24, 2.45) is 5.92 Å². The number of carbonyl (C=O) groups excluding carboxylic acids is 3. The van der Waals surface area contributed by atoms with Crippen molar-refractivity contribution in [1.82, 2.24) is 25.7 Å². The summed E-state index contributed by atoms with van der Waals surface area (Å²) in [6.45, 7) is 1.50. The highest BCUT2D eigenvalue weighted by molar-refractivity contribution is 7.09. The molecule has 1 saturated heterocycles. The number of hydrazine groups is 1. The van der Waals surface area contributed by atoms with E-state index in [2.05, 4.69) is 20.8 Å². The highest BCUT2D eigenvalue weighted by atomic mass is 32.1. The lowest BCUT2D eigenvalue weighted by Gasteiger charge is -2.34. The molecular formula is C22H27N5O3S. The molecule has 4 rings (SSSR count). The molecule has 2 aromatic heterocycles. The quantitative estimate of drug-likeness (QED) is 0.710. The summed E-state index contributed by atoms with van der Waals surface area (Å²) in [4.78, 5) is 47.5. The number of nitrogens with one attached hydrogen (secondary N) is 2. The van der Waals surface area contributed by atoms with Crippen LogP contribution < -0.4 is 10.9 Å². The molecule has 2 aromatic rings. The summed E-state index contributed by atoms with van der Waals surface area (Å²) in [7, 11) is 0. The Morgan fingerprint density at radius 3 is 2.32 bits per heavy atom. The zero-order valence-electron chi connectivity index (χ0n) is 17.4. The van der Waals surface area contributed by atoms with E-state index in [9.17, 15) is 14.4 Å². The average molecular weight is 442 g/mol. The molecule has 3 amide bonds. The third-order valence-corrected chi connectivity index (χ3v) is 7.06. The predicted molar refractivity (Wildman–Crippen MR) is 116 cm³/mol. The molecule has 9 heteroatoms. The topological polar surface area (TPSA) is 104 Å². The van der Waals surface area contributed by atoms with Crippen molar-refractivity contribution in [3.05, 3.63) is 46.2 Å². The van der Waals surface area contributed by atoms with Gasteiger partial charge in [0.1, 0.15) is 11.4 Å². The summed E-state index contributed by atoms with van der Waals surface area (Å²) >= 11 is 1.45. The molecule has 0 atom stereocenters. The Morgan fingerprint density at radius 1 is 0.935 bits per heavy atom. The van der Waals surface area contributed by atoms with Crippen LogP contribution in [0.3, 0.4) is 0 Å². The highest BCUT2D eigenvalue weighted by Crippen LogP contribution is 2.32. The molecule has 1 saturated carbocycles.